The van der Waals surface area contributed by atoms with Gasteiger partial charge in [-0.05, 0) is 30.2 Å². The lowest BCUT2D eigenvalue weighted by Gasteiger charge is -2.27. The molecule has 0 spiro atoms. The Morgan fingerprint density at radius 3 is 2.65 bits per heavy atom. The Morgan fingerprint density at radius 2 is 1.95 bits per heavy atom. The first kappa shape index (κ1) is 15.1. The summed E-state index contributed by atoms with van der Waals surface area (Å²) in [6.45, 7) is 10.0. The maximum Gasteiger partial charge on any atom is 0.231 e. The van der Waals surface area contributed by atoms with Gasteiger partial charge in [-0.15, -0.1) is 0 Å². The van der Waals surface area contributed by atoms with Crippen molar-refractivity contribution in [2.75, 3.05) is 26.4 Å². The number of rotatable bonds is 7. The minimum atomic E-state index is 0.00788. The standard InChI is InChI=1S/C16H26N2O2/c1-4-12(3)9-18(5-2)10-14(17)13-6-7-15-16(8-13)20-11-19-15/h6-8,12,14H,4-5,9-11,17H2,1-3H3. The average molecular weight is 278 g/mol. The van der Waals surface area contributed by atoms with Crippen molar-refractivity contribution in [3.8, 4) is 11.5 Å². The van der Waals surface area contributed by atoms with Gasteiger partial charge in [0, 0.05) is 19.1 Å². The zero-order chi connectivity index (χ0) is 14.5. The van der Waals surface area contributed by atoms with Crippen LogP contribution in [0.15, 0.2) is 18.2 Å². The molecule has 0 aliphatic carbocycles. The molecule has 112 valence electrons. The van der Waals surface area contributed by atoms with E-state index in [1.807, 2.05) is 18.2 Å². The number of fused-ring (bicyclic) bond motifs is 1. The van der Waals surface area contributed by atoms with E-state index in [9.17, 15) is 0 Å². The van der Waals surface area contributed by atoms with Gasteiger partial charge in [-0.1, -0.05) is 33.3 Å². The van der Waals surface area contributed by atoms with Crippen LogP contribution in [0.4, 0.5) is 0 Å². The van der Waals surface area contributed by atoms with E-state index in [-0.39, 0.29) is 6.04 Å². The van der Waals surface area contributed by atoms with Crippen LogP contribution in [0, 0.1) is 5.92 Å². The van der Waals surface area contributed by atoms with Crippen molar-refractivity contribution in [3.63, 3.8) is 0 Å². The van der Waals surface area contributed by atoms with Crippen molar-refractivity contribution in [1.82, 2.24) is 4.90 Å². The highest BCUT2D eigenvalue weighted by Gasteiger charge is 2.18. The van der Waals surface area contributed by atoms with Crippen LogP contribution < -0.4 is 15.2 Å². The van der Waals surface area contributed by atoms with Crippen LogP contribution in [0.25, 0.3) is 0 Å². The summed E-state index contributed by atoms with van der Waals surface area (Å²) in [6, 6.07) is 6.00. The van der Waals surface area contributed by atoms with Gasteiger partial charge in [0.05, 0.1) is 0 Å². The fourth-order valence-electron chi connectivity index (χ4n) is 2.43. The molecule has 1 aromatic rings. The molecular weight excluding hydrogens is 252 g/mol. The molecule has 0 amide bonds. The lowest BCUT2D eigenvalue weighted by molar-refractivity contribution is 0.174. The average Bonchev–Trinajstić information content (AvgIpc) is 2.93. The molecule has 20 heavy (non-hydrogen) atoms. The Bertz CT molecular complexity index is 436. The molecule has 4 nitrogen and oxygen atoms in total. The number of nitrogens with zero attached hydrogens (tertiary/aromatic N) is 1. The molecule has 0 aromatic heterocycles. The summed E-state index contributed by atoms with van der Waals surface area (Å²) >= 11 is 0. The molecule has 1 aromatic carbocycles. The lowest BCUT2D eigenvalue weighted by Crippen LogP contribution is -2.35. The van der Waals surface area contributed by atoms with Crippen LogP contribution in [0.3, 0.4) is 0 Å². The van der Waals surface area contributed by atoms with Crippen LogP contribution in [0.2, 0.25) is 0 Å². The third-order valence-corrected chi connectivity index (χ3v) is 3.99. The van der Waals surface area contributed by atoms with E-state index >= 15 is 0 Å². The highest BCUT2D eigenvalue weighted by atomic mass is 16.7. The molecule has 0 fully saturated rings. The highest BCUT2D eigenvalue weighted by Crippen LogP contribution is 2.33. The Kier molecular flexibility index (Phi) is 5.26. The maximum atomic E-state index is 6.34. The fraction of sp³-hybridized carbons (Fsp3) is 0.625. The SMILES string of the molecule is CCC(C)CN(CC)CC(N)c1ccc2c(c1)OCO2. The molecule has 2 atom stereocenters. The van der Waals surface area contributed by atoms with E-state index in [1.165, 1.54) is 6.42 Å². The topological polar surface area (TPSA) is 47.7 Å². The molecule has 2 rings (SSSR count). The Morgan fingerprint density at radius 1 is 1.20 bits per heavy atom. The number of ether oxygens (including phenoxy) is 2. The van der Waals surface area contributed by atoms with Gasteiger partial charge in [0.15, 0.2) is 11.5 Å². The van der Waals surface area contributed by atoms with Crippen molar-refractivity contribution < 1.29 is 9.47 Å². The minimum absolute atomic E-state index is 0.00788. The number of hydrogen-bond donors (Lipinski definition) is 1. The highest BCUT2D eigenvalue weighted by molar-refractivity contribution is 5.45. The zero-order valence-electron chi connectivity index (χ0n) is 12.8. The number of benzene rings is 1. The van der Waals surface area contributed by atoms with E-state index in [1.54, 1.807) is 0 Å². The first-order valence-corrected chi connectivity index (χ1v) is 7.51. The largest absolute Gasteiger partial charge is 0.454 e. The van der Waals surface area contributed by atoms with Crippen LogP contribution in [0.5, 0.6) is 11.5 Å². The second-order valence-corrected chi connectivity index (χ2v) is 5.58. The van der Waals surface area contributed by atoms with Crippen LogP contribution in [0.1, 0.15) is 38.8 Å². The van der Waals surface area contributed by atoms with Crippen LogP contribution in [-0.4, -0.2) is 31.3 Å². The fourth-order valence-corrected chi connectivity index (χ4v) is 2.43. The first-order chi connectivity index (χ1) is 9.63. The summed E-state index contributed by atoms with van der Waals surface area (Å²) in [6.07, 6.45) is 1.20. The molecule has 0 saturated carbocycles. The summed E-state index contributed by atoms with van der Waals surface area (Å²) < 4.78 is 10.7. The Labute approximate surface area is 121 Å². The molecule has 0 radical (unpaired) electrons. The third-order valence-electron chi connectivity index (χ3n) is 3.99. The van der Waals surface area contributed by atoms with E-state index in [4.69, 9.17) is 15.2 Å². The van der Waals surface area contributed by atoms with Gasteiger partial charge in [-0.25, -0.2) is 0 Å². The molecule has 0 bridgehead atoms. The van der Waals surface area contributed by atoms with Gasteiger partial charge < -0.3 is 20.1 Å². The van der Waals surface area contributed by atoms with Crippen molar-refractivity contribution in [3.05, 3.63) is 23.8 Å². The van der Waals surface area contributed by atoms with Gasteiger partial charge >= 0.3 is 0 Å². The first-order valence-electron chi connectivity index (χ1n) is 7.51. The second-order valence-electron chi connectivity index (χ2n) is 5.58. The monoisotopic (exact) mass is 278 g/mol. The summed E-state index contributed by atoms with van der Waals surface area (Å²) in [5.41, 5.74) is 7.45. The number of nitrogens with two attached hydrogens (primary N) is 1. The predicted molar refractivity (Wildman–Crippen MR) is 81.1 cm³/mol. The van der Waals surface area contributed by atoms with E-state index in [0.29, 0.717) is 12.7 Å². The molecule has 0 saturated heterocycles. The molecule has 4 heteroatoms. The molecule has 2 unspecified atom stereocenters. The van der Waals surface area contributed by atoms with E-state index in [2.05, 4.69) is 25.7 Å². The second kappa shape index (κ2) is 6.95. The van der Waals surface area contributed by atoms with Gasteiger partial charge in [0.25, 0.3) is 0 Å². The van der Waals surface area contributed by atoms with Crippen LogP contribution >= 0.6 is 0 Å². The van der Waals surface area contributed by atoms with Crippen molar-refractivity contribution in [2.24, 2.45) is 11.7 Å². The maximum absolute atomic E-state index is 6.34. The minimum Gasteiger partial charge on any atom is -0.454 e. The van der Waals surface area contributed by atoms with Crippen LogP contribution in [-0.2, 0) is 0 Å². The van der Waals surface area contributed by atoms with Gasteiger partial charge in [-0.2, -0.15) is 0 Å². The Hall–Kier alpha value is -1.26. The summed E-state index contributed by atoms with van der Waals surface area (Å²) in [5, 5.41) is 0. The smallest absolute Gasteiger partial charge is 0.231 e. The van der Waals surface area contributed by atoms with E-state index < -0.39 is 0 Å². The summed E-state index contributed by atoms with van der Waals surface area (Å²) in [5.74, 6) is 2.33. The quantitative estimate of drug-likeness (QED) is 0.833. The third kappa shape index (κ3) is 3.64. The zero-order valence-corrected chi connectivity index (χ0v) is 12.8. The molecule has 1 aliphatic rings. The normalized spacial score (nSPS) is 16.4. The van der Waals surface area contributed by atoms with Gasteiger partial charge in [-0.3, -0.25) is 0 Å². The van der Waals surface area contributed by atoms with Crippen molar-refractivity contribution in [1.29, 1.82) is 0 Å². The molecule has 2 N–H and O–H groups in total. The van der Waals surface area contributed by atoms with E-state index in [0.717, 1.165) is 36.7 Å². The molecule has 1 heterocycles. The number of hydrogen-bond acceptors (Lipinski definition) is 4. The summed E-state index contributed by atoms with van der Waals surface area (Å²) in [7, 11) is 0. The number of likely N-dealkylation sites (N-methyl/N-ethyl adjacent to an activating group) is 1. The van der Waals surface area contributed by atoms with Gasteiger partial charge in [0.1, 0.15) is 0 Å². The van der Waals surface area contributed by atoms with Crippen molar-refractivity contribution in [2.45, 2.75) is 33.2 Å². The van der Waals surface area contributed by atoms with Crippen molar-refractivity contribution >= 4 is 0 Å². The van der Waals surface area contributed by atoms with Gasteiger partial charge in [0.2, 0.25) is 6.79 Å². The molecular formula is C16H26N2O2. The predicted octanol–water partition coefficient (Wildman–Crippen LogP) is 2.78. The lowest BCUT2D eigenvalue weighted by atomic mass is 10.0. The summed E-state index contributed by atoms with van der Waals surface area (Å²) in [4.78, 5) is 2.42. The molecule has 1 aliphatic heterocycles. The Balaban J connectivity index is 1.98.